The number of anilines is 2. The third-order valence-electron chi connectivity index (χ3n) is 5.08. The van der Waals surface area contributed by atoms with E-state index in [1.807, 2.05) is 12.1 Å². The lowest BCUT2D eigenvalue weighted by Crippen LogP contribution is -2.15. The molecule has 0 saturated heterocycles. The highest BCUT2D eigenvalue weighted by Gasteiger charge is 2.22. The standard InChI is InChI=1S/C25H19NO/c1-26-22-14-12-20(18-8-4-2-5-9-18)16-24(22)27-25-17-21(13-15-23(25)26)19-10-6-3-7-11-19/h2-17H,1H3. The van der Waals surface area contributed by atoms with Crippen LogP contribution in [-0.2, 0) is 0 Å². The normalized spacial score (nSPS) is 12.1. The Hall–Kier alpha value is -3.52. The first-order valence-electron chi connectivity index (χ1n) is 9.10. The van der Waals surface area contributed by atoms with E-state index in [-0.39, 0.29) is 0 Å². The summed E-state index contributed by atoms with van der Waals surface area (Å²) in [5.74, 6) is 1.77. The van der Waals surface area contributed by atoms with Crippen LogP contribution < -0.4 is 9.64 Å². The van der Waals surface area contributed by atoms with Gasteiger partial charge in [0.1, 0.15) is 0 Å². The minimum Gasteiger partial charge on any atom is -0.453 e. The number of benzene rings is 4. The van der Waals surface area contributed by atoms with Gasteiger partial charge in [-0.1, -0.05) is 72.8 Å². The summed E-state index contributed by atoms with van der Waals surface area (Å²) in [6, 6.07) is 33.6. The van der Waals surface area contributed by atoms with Gasteiger partial charge in [0.05, 0.1) is 11.4 Å². The lowest BCUT2D eigenvalue weighted by atomic mass is 10.0. The minimum atomic E-state index is 0.886. The number of hydrogen-bond donors (Lipinski definition) is 0. The molecule has 0 aromatic heterocycles. The highest BCUT2D eigenvalue weighted by Crippen LogP contribution is 2.48. The van der Waals surface area contributed by atoms with Crippen LogP contribution >= 0.6 is 0 Å². The molecule has 4 aromatic rings. The Morgan fingerprint density at radius 1 is 0.519 bits per heavy atom. The van der Waals surface area contributed by atoms with Gasteiger partial charge in [-0.15, -0.1) is 0 Å². The molecular formula is C25H19NO. The molecular weight excluding hydrogens is 330 g/mol. The Balaban J connectivity index is 1.57. The molecule has 0 aliphatic carbocycles. The van der Waals surface area contributed by atoms with Crippen molar-refractivity contribution < 1.29 is 4.74 Å². The molecule has 0 atom stereocenters. The van der Waals surface area contributed by atoms with E-state index in [1.54, 1.807) is 0 Å². The van der Waals surface area contributed by atoms with Crippen molar-refractivity contribution in [2.45, 2.75) is 0 Å². The molecule has 4 aromatic carbocycles. The predicted octanol–water partition coefficient (Wildman–Crippen LogP) is 6.89. The Morgan fingerprint density at radius 3 is 1.41 bits per heavy atom. The molecule has 0 amide bonds. The molecule has 0 N–H and O–H groups in total. The molecule has 1 aliphatic rings. The van der Waals surface area contributed by atoms with Gasteiger partial charge in [-0.2, -0.15) is 0 Å². The molecule has 0 bridgehead atoms. The molecule has 1 heterocycles. The average Bonchev–Trinajstić information content (AvgIpc) is 2.74. The van der Waals surface area contributed by atoms with Gasteiger partial charge in [0.25, 0.3) is 0 Å². The summed E-state index contributed by atoms with van der Waals surface area (Å²) in [5.41, 5.74) is 6.85. The van der Waals surface area contributed by atoms with Crippen molar-refractivity contribution in [3.63, 3.8) is 0 Å². The van der Waals surface area contributed by atoms with Crippen LogP contribution in [0.15, 0.2) is 97.1 Å². The molecule has 0 spiro atoms. The second-order valence-electron chi connectivity index (χ2n) is 6.76. The van der Waals surface area contributed by atoms with Gasteiger partial charge < -0.3 is 9.64 Å². The fourth-order valence-corrected chi connectivity index (χ4v) is 3.61. The zero-order valence-corrected chi connectivity index (χ0v) is 15.1. The van der Waals surface area contributed by atoms with Crippen LogP contribution in [0.1, 0.15) is 0 Å². The number of hydrogen-bond acceptors (Lipinski definition) is 2. The van der Waals surface area contributed by atoms with Gasteiger partial charge in [0, 0.05) is 7.05 Å². The summed E-state index contributed by atoms with van der Waals surface area (Å²) in [4.78, 5) is 2.19. The molecule has 0 fully saturated rings. The quantitative estimate of drug-likeness (QED) is 0.390. The maximum Gasteiger partial charge on any atom is 0.151 e. The maximum atomic E-state index is 6.33. The van der Waals surface area contributed by atoms with Gasteiger partial charge in [0.2, 0.25) is 0 Å². The van der Waals surface area contributed by atoms with Gasteiger partial charge in [0.15, 0.2) is 11.5 Å². The minimum absolute atomic E-state index is 0.886. The van der Waals surface area contributed by atoms with E-state index in [9.17, 15) is 0 Å². The number of nitrogens with zero attached hydrogens (tertiary/aromatic N) is 1. The fraction of sp³-hybridized carbons (Fsp3) is 0.0400. The van der Waals surface area contributed by atoms with Gasteiger partial charge >= 0.3 is 0 Å². The van der Waals surface area contributed by atoms with Gasteiger partial charge in [-0.05, 0) is 46.5 Å². The van der Waals surface area contributed by atoms with Crippen LogP contribution in [-0.4, -0.2) is 7.05 Å². The zero-order valence-electron chi connectivity index (χ0n) is 15.1. The van der Waals surface area contributed by atoms with Crippen LogP contribution in [0.25, 0.3) is 22.3 Å². The second kappa shape index (κ2) is 6.33. The molecule has 130 valence electrons. The SMILES string of the molecule is CN1c2ccc(-c3ccccc3)cc2Oc2cc(-c3ccccc3)ccc21. The van der Waals surface area contributed by atoms with E-state index in [4.69, 9.17) is 4.74 Å². The third kappa shape index (κ3) is 2.76. The van der Waals surface area contributed by atoms with Crippen molar-refractivity contribution in [1.29, 1.82) is 0 Å². The fourth-order valence-electron chi connectivity index (χ4n) is 3.61. The van der Waals surface area contributed by atoms with Crippen molar-refractivity contribution in [2.75, 3.05) is 11.9 Å². The van der Waals surface area contributed by atoms with E-state index in [1.165, 1.54) is 11.1 Å². The monoisotopic (exact) mass is 349 g/mol. The summed E-state index contributed by atoms with van der Waals surface area (Å²) in [5, 5.41) is 0. The van der Waals surface area contributed by atoms with Crippen LogP contribution in [0.2, 0.25) is 0 Å². The van der Waals surface area contributed by atoms with E-state index >= 15 is 0 Å². The first-order valence-corrected chi connectivity index (χ1v) is 9.10. The van der Waals surface area contributed by atoms with E-state index < -0.39 is 0 Å². The molecule has 5 rings (SSSR count). The highest BCUT2D eigenvalue weighted by atomic mass is 16.5. The van der Waals surface area contributed by atoms with Crippen molar-refractivity contribution >= 4 is 11.4 Å². The van der Waals surface area contributed by atoms with Gasteiger partial charge in [-0.25, -0.2) is 0 Å². The second-order valence-corrected chi connectivity index (χ2v) is 6.76. The summed E-state index contributed by atoms with van der Waals surface area (Å²) < 4.78 is 6.33. The van der Waals surface area contributed by atoms with Gasteiger partial charge in [-0.3, -0.25) is 0 Å². The van der Waals surface area contributed by atoms with Crippen molar-refractivity contribution in [3.8, 4) is 33.8 Å². The summed E-state index contributed by atoms with van der Waals surface area (Å²) >= 11 is 0. The first kappa shape index (κ1) is 15.7. The van der Waals surface area contributed by atoms with Crippen LogP contribution in [0.4, 0.5) is 11.4 Å². The zero-order chi connectivity index (χ0) is 18.2. The Kier molecular flexibility index (Phi) is 3.68. The Bertz CT molecular complexity index is 1010. The molecule has 1 aliphatic heterocycles. The summed E-state index contributed by atoms with van der Waals surface area (Å²) in [7, 11) is 2.09. The van der Waals surface area contributed by atoms with E-state index in [2.05, 4.69) is 96.9 Å². The largest absolute Gasteiger partial charge is 0.453 e. The van der Waals surface area contributed by atoms with E-state index in [0.29, 0.717) is 0 Å². The van der Waals surface area contributed by atoms with E-state index in [0.717, 1.165) is 34.0 Å². The highest BCUT2D eigenvalue weighted by molar-refractivity contribution is 5.83. The average molecular weight is 349 g/mol. The van der Waals surface area contributed by atoms with Crippen molar-refractivity contribution in [3.05, 3.63) is 97.1 Å². The summed E-state index contributed by atoms with van der Waals surface area (Å²) in [6.45, 7) is 0. The van der Waals surface area contributed by atoms with Crippen LogP contribution in [0.5, 0.6) is 11.5 Å². The summed E-state index contributed by atoms with van der Waals surface area (Å²) in [6.07, 6.45) is 0. The third-order valence-corrected chi connectivity index (χ3v) is 5.08. The maximum absolute atomic E-state index is 6.33. The van der Waals surface area contributed by atoms with Crippen LogP contribution in [0, 0.1) is 0 Å². The first-order chi connectivity index (χ1) is 13.3. The Morgan fingerprint density at radius 2 is 0.963 bits per heavy atom. The predicted molar refractivity (Wildman–Crippen MR) is 112 cm³/mol. The number of fused-ring (bicyclic) bond motifs is 2. The molecule has 0 saturated carbocycles. The lowest BCUT2D eigenvalue weighted by molar-refractivity contribution is 0.476. The van der Waals surface area contributed by atoms with Crippen molar-refractivity contribution in [1.82, 2.24) is 0 Å². The number of rotatable bonds is 2. The molecule has 0 radical (unpaired) electrons. The molecule has 0 unspecified atom stereocenters. The molecule has 2 heteroatoms. The van der Waals surface area contributed by atoms with Crippen LogP contribution in [0.3, 0.4) is 0 Å². The molecule has 2 nitrogen and oxygen atoms in total. The Labute approximate surface area is 159 Å². The number of ether oxygens (including phenoxy) is 1. The van der Waals surface area contributed by atoms with Crippen molar-refractivity contribution in [2.24, 2.45) is 0 Å². The topological polar surface area (TPSA) is 12.5 Å². The molecule has 27 heavy (non-hydrogen) atoms. The smallest absolute Gasteiger partial charge is 0.151 e. The lowest BCUT2D eigenvalue weighted by Gasteiger charge is -2.30.